The lowest BCUT2D eigenvalue weighted by molar-refractivity contribution is 0.688. The molecule has 1 atom stereocenters. The van der Waals surface area contributed by atoms with Crippen molar-refractivity contribution < 1.29 is 4.21 Å². The first-order chi connectivity index (χ1) is 13.2. The molecule has 0 saturated carbocycles. The van der Waals surface area contributed by atoms with Gasteiger partial charge in [0, 0.05) is 6.20 Å². The smallest absolute Gasteiger partial charge is 0.182 e. The van der Waals surface area contributed by atoms with E-state index in [0.29, 0.717) is 10.5 Å². The van der Waals surface area contributed by atoms with Gasteiger partial charge in [0.15, 0.2) is 4.77 Å². The van der Waals surface area contributed by atoms with E-state index in [0.717, 1.165) is 27.1 Å². The predicted octanol–water partition coefficient (Wildman–Crippen LogP) is 5.60. The zero-order chi connectivity index (χ0) is 18.6. The minimum absolute atomic E-state index is 0.456. The number of aromatic nitrogens is 2. The average molecular weight is 391 g/mol. The van der Waals surface area contributed by atoms with Gasteiger partial charge in [-0.05, 0) is 35.5 Å². The number of para-hydroxylation sites is 2. The summed E-state index contributed by atoms with van der Waals surface area (Å²) >= 11 is 5.50. The topological polar surface area (TPSA) is 37.8 Å². The van der Waals surface area contributed by atoms with Gasteiger partial charge in [-0.2, -0.15) is 0 Å². The lowest BCUT2D eigenvalue weighted by Crippen LogP contribution is -2.01. The van der Waals surface area contributed by atoms with Gasteiger partial charge in [0.1, 0.15) is 0 Å². The number of H-pyrrole nitrogens is 1. The summed E-state index contributed by atoms with van der Waals surface area (Å²) in [5.41, 5.74) is 3.90. The van der Waals surface area contributed by atoms with Crippen LogP contribution in [0.15, 0.2) is 84.9 Å². The Kier molecular flexibility index (Phi) is 5.14. The van der Waals surface area contributed by atoms with Crippen molar-refractivity contribution in [3.8, 4) is 0 Å². The summed E-state index contributed by atoms with van der Waals surface area (Å²) in [5.74, 6) is 0.456. The maximum absolute atomic E-state index is 13.3. The van der Waals surface area contributed by atoms with Crippen molar-refractivity contribution in [1.29, 1.82) is 0 Å². The van der Waals surface area contributed by atoms with Crippen LogP contribution in [0.1, 0.15) is 11.1 Å². The minimum Gasteiger partial charge on any atom is -0.330 e. The fourth-order valence-electron chi connectivity index (χ4n) is 2.99. The lowest BCUT2D eigenvalue weighted by atomic mass is 10.2. The zero-order valence-electron chi connectivity index (χ0n) is 14.5. The van der Waals surface area contributed by atoms with E-state index < -0.39 is 10.8 Å². The standard InChI is InChI=1S/C22H18N2OS2/c25-27(16-17-9-3-1-4-10-17)21(18-11-5-2-6-12-18)15-24-20-14-8-7-13-19(20)23-22(24)26/h1-15H,16H2,(H,23,26). The van der Waals surface area contributed by atoms with Crippen molar-refractivity contribution in [2.45, 2.75) is 5.75 Å². The van der Waals surface area contributed by atoms with Crippen LogP contribution in [0.2, 0.25) is 0 Å². The first-order valence-corrected chi connectivity index (χ1v) is 10.3. The van der Waals surface area contributed by atoms with E-state index in [9.17, 15) is 4.21 Å². The van der Waals surface area contributed by atoms with Crippen LogP contribution in [-0.4, -0.2) is 13.8 Å². The van der Waals surface area contributed by atoms with E-state index in [4.69, 9.17) is 12.2 Å². The van der Waals surface area contributed by atoms with Gasteiger partial charge in [-0.3, -0.25) is 8.78 Å². The van der Waals surface area contributed by atoms with E-state index in [1.165, 1.54) is 0 Å². The molecule has 3 nitrogen and oxygen atoms in total. The number of benzene rings is 3. The minimum atomic E-state index is -1.22. The number of rotatable bonds is 5. The van der Waals surface area contributed by atoms with Gasteiger partial charge in [-0.15, -0.1) is 0 Å². The number of imidazole rings is 1. The molecule has 27 heavy (non-hydrogen) atoms. The van der Waals surface area contributed by atoms with Crippen molar-refractivity contribution >= 4 is 45.2 Å². The molecule has 0 bridgehead atoms. The highest BCUT2D eigenvalue weighted by Gasteiger charge is 2.13. The maximum atomic E-state index is 13.3. The molecule has 0 aliphatic rings. The van der Waals surface area contributed by atoms with Gasteiger partial charge in [-0.1, -0.05) is 72.8 Å². The molecule has 4 aromatic rings. The number of hydrogen-bond acceptors (Lipinski definition) is 2. The Balaban J connectivity index is 1.83. The monoisotopic (exact) mass is 390 g/mol. The number of nitrogens with zero attached hydrogens (tertiary/aromatic N) is 1. The van der Waals surface area contributed by atoms with Gasteiger partial charge < -0.3 is 4.98 Å². The third kappa shape index (κ3) is 3.84. The number of fused-ring (bicyclic) bond motifs is 1. The number of nitrogens with one attached hydrogen (secondary N) is 1. The lowest BCUT2D eigenvalue weighted by Gasteiger charge is -2.09. The van der Waals surface area contributed by atoms with Crippen LogP contribution in [0.4, 0.5) is 0 Å². The van der Waals surface area contributed by atoms with Crippen LogP contribution in [0, 0.1) is 4.77 Å². The Bertz CT molecular complexity index is 1180. The van der Waals surface area contributed by atoms with E-state index in [1.807, 2.05) is 95.7 Å². The molecule has 0 aliphatic carbocycles. The molecule has 1 aromatic heterocycles. The maximum Gasteiger partial charge on any atom is 0.182 e. The van der Waals surface area contributed by atoms with Crippen LogP contribution < -0.4 is 0 Å². The summed E-state index contributed by atoms with van der Waals surface area (Å²) < 4.78 is 15.8. The van der Waals surface area contributed by atoms with Gasteiger partial charge in [-0.25, -0.2) is 0 Å². The van der Waals surface area contributed by atoms with Crippen molar-refractivity contribution in [1.82, 2.24) is 9.55 Å². The first-order valence-electron chi connectivity index (χ1n) is 8.61. The summed E-state index contributed by atoms with van der Waals surface area (Å²) in [4.78, 5) is 3.96. The second-order valence-electron chi connectivity index (χ2n) is 6.15. The van der Waals surface area contributed by atoms with Gasteiger partial charge in [0.05, 0.1) is 32.5 Å². The van der Waals surface area contributed by atoms with Crippen molar-refractivity contribution in [3.05, 3.63) is 101 Å². The van der Waals surface area contributed by atoms with Crippen LogP contribution in [0.5, 0.6) is 0 Å². The summed E-state index contributed by atoms with van der Waals surface area (Å²) in [6.07, 6.45) is 1.90. The molecule has 4 rings (SSSR count). The van der Waals surface area contributed by atoms with E-state index >= 15 is 0 Å². The van der Waals surface area contributed by atoms with E-state index in [1.54, 1.807) is 0 Å². The number of hydrogen-bond donors (Lipinski definition) is 1. The summed E-state index contributed by atoms with van der Waals surface area (Å²) in [6, 6.07) is 27.6. The molecular weight excluding hydrogens is 372 g/mol. The molecule has 1 unspecified atom stereocenters. The summed E-state index contributed by atoms with van der Waals surface area (Å²) in [5, 5.41) is 0. The summed E-state index contributed by atoms with van der Waals surface area (Å²) in [7, 11) is -1.22. The molecule has 0 fully saturated rings. The highest BCUT2D eigenvalue weighted by Crippen LogP contribution is 2.24. The highest BCUT2D eigenvalue weighted by molar-refractivity contribution is 7.94. The molecule has 5 heteroatoms. The molecule has 0 spiro atoms. The zero-order valence-corrected chi connectivity index (χ0v) is 16.2. The Morgan fingerprint density at radius 3 is 2.30 bits per heavy atom. The molecule has 0 amide bonds. The van der Waals surface area contributed by atoms with E-state index in [2.05, 4.69) is 4.98 Å². The van der Waals surface area contributed by atoms with Crippen LogP contribution in [0.3, 0.4) is 0 Å². The Morgan fingerprint density at radius 1 is 0.926 bits per heavy atom. The Morgan fingerprint density at radius 2 is 1.56 bits per heavy atom. The van der Waals surface area contributed by atoms with Crippen LogP contribution in [0.25, 0.3) is 22.1 Å². The molecule has 1 heterocycles. The third-order valence-electron chi connectivity index (χ3n) is 4.31. The Labute approximate surface area is 165 Å². The average Bonchev–Trinajstić information content (AvgIpc) is 3.02. The third-order valence-corrected chi connectivity index (χ3v) is 6.04. The second-order valence-corrected chi connectivity index (χ2v) is 7.96. The molecule has 0 radical (unpaired) electrons. The van der Waals surface area contributed by atoms with Crippen LogP contribution >= 0.6 is 12.2 Å². The Hall–Kier alpha value is -2.76. The van der Waals surface area contributed by atoms with Gasteiger partial charge in [0.25, 0.3) is 0 Å². The largest absolute Gasteiger partial charge is 0.330 e. The summed E-state index contributed by atoms with van der Waals surface area (Å²) in [6.45, 7) is 0. The quantitative estimate of drug-likeness (QED) is 0.450. The fraction of sp³-hybridized carbons (Fsp3) is 0.0455. The molecule has 3 aromatic carbocycles. The predicted molar refractivity (Wildman–Crippen MR) is 116 cm³/mol. The van der Waals surface area contributed by atoms with Gasteiger partial charge in [0.2, 0.25) is 0 Å². The fourth-order valence-corrected chi connectivity index (χ4v) is 4.52. The normalized spacial score (nSPS) is 13.0. The SMILES string of the molecule is O=S(Cc1ccccc1)C(=Cn1c(=S)[nH]c2ccccc21)c1ccccc1. The van der Waals surface area contributed by atoms with Crippen LogP contribution in [-0.2, 0) is 16.6 Å². The molecule has 0 saturated heterocycles. The van der Waals surface area contributed by atoms with Gasteiger partial charge >= 0.3 is 0 Å². The molecular formula is C22H18N2OS2. The van der Waals surface area contributed by atoms with Crippen molar-refractivity contribution in [2.24, 2.45) is 0 Å². The molecule has 134 valence electrons. The first kappa shape index (κ1) is 17.6. The number of aromatic amines is 1. The highest BCUT2D eigenvalue weighted by atomic mass is 32.2. The second kappa shape index (κ2) is 7.86. The molecule has 1 N–H and O–H groups in total. The van der Waals surface area contributed by atoms with Crippen molar-refractivity contribution in [2.75, 3.05) is 0 Å². The van der Waals surface area contributed by atoms with E-state index in [-0.39, 0.29) is 0 Å². The van der Waals surface area contributed by atoms with Crippen molar-refractivity contribution in [3.63, 3.8) is 0 Å². The molecule has 0 aliphatic heterocycles.